The molecule has 0 saturated heterocycles. The lowest BCUT2D eigenvalue weighted by molar-refractivity contribution is 0.152. The fourth-order valence-electron chi connectivity index (χ4n) is 2.82. The van der Waals surface area contributed by atoms with Crippen molar-refractivity contribution in [2.45, 2.75) is 4.21 Å². The minimum Gasteiger partial charge on any atom is -0.409 e. The number of hydrogen-bond donors (Lipinski definition) is 0. The van der Waals surface area contributed by atoms with Gasteiger partial charge in [0.25, 0.3) is 10.0 Å². The SMILES string of the molecule is O=C(Oc1ccccc1)Oc1ccc(N(C(=O)Oc2ccccc2)S(=O)(=O)c2cccs2)cc1. The molecule has 4 rings (SSSR count). The quantitative estimate of drug-likeness (QED) is 0.249. The molecule has 0 atom stereocenters. The number of amides is 1. The molecule has 0 aliphatic heterocycles. The molecule has 8 nitrogen and oxygen atoms in total. The Kier molecular flexibility index (Phi) is 6.90. The van der Waals surface area contributed by atoms with Crippen LogP contribution >= 0.6 is 11.3 Å². The molecule has 0 spiro atoms. The fourth-order valence-corrected chi connectivity index (χ4v) is 5.21. The summed E-state index contributed by atoms with van der Waals surface area (Å²) in [4.78, 5) is 24.9. The maximum atomic E-state index is 13.2. The molecule has 10 heteroatoms. The highest BCUT2D eigenvalue weighted by Gasteiger charge is 2.33. The van der Waals surface area contributed by atoms with Crippen molar-refractivity contribution in [1.29, 1.82) is 0 Å². The first kappa shape index (κ1) is 23.0. The van der Waals surface area contributed by atoms with Crippen LogP contribution in [-0.2, 0) is 10.0 Å². The predicted molar refractivity (Wildman–Crippen MR) is 126 cm³/mol. The molecule has 4 aromatic rings. The van der Waals surface area contributed by atoms with Crippen LogP contribution < -0.4 is 18.5 Å². The molecule has 0 aliphatic carbocycles. The van der Waals surface area contributed by atoms with E-state index >= 15 is 0 Å². The Labute approximate surface area is 199 Å². The standard InChI is InChI=1S/C24H17NO7S2/c26-23(30-19-8-3-1-4-9-19)25(34(28,29)22-12-7-17-33-22)18-13-15-21(16-14-18)32-24(27)31-20-10-5-2-6-11-20/h1-17H. The van der Waals surface area contributed by atoms with Crippen LogP contribution in [0.4, 0.5) is 15.3 Å². The molecule has 1 aromatic heterocycles. The number of sulfonamides is 1. The monoisotopic (exact) mass is 495 g/mol. The first-order valence-electron chi connectivity index (χ1n) is 9.84. The van der Waals surface area contributed by atoms with Crippen LogP contribution in [0.25, 0.3) is 0 Å². The smallest absolute Gasteiger partial charge is 0.409 e. The first-order chi connectivity index (χ1) is 16.4. The number of thiophene rings is 1. The summed E-state index contributed by atoms with van der Waals surface area (Å²) in [5, 5.41) is 1.59. The van der Waals surface area contributed by atoms with Gasteiger partial charge < -0.3 is 14.2 Å². The Morgan fingerprint density at radius 1 is 0.647 bits per heavy atom. The highest BCUT2D eigenvalue weighted by atomic mass is 32.2. The van der Waals surface area contributed by atoms with Crippen LogP contribution in [0.3, 0.4) is 0 Å². The summed E-state index contributed by atoms with van der Waals surface area (Å²) in [5.41, 5.74) is -0.00175. The average molecular weight is 496 g/mol. The number of benzene rings is 3. The minimum atomic E-state index is -4.26. The molecular weight excluding hydrogens is 478 g/mol. The zero-order valence-corrected chi connectivity index (χ0v) is 19.1. The molecule has 1 heterocycles. The minimum absolute atomic E-state index is 0.00175. The van der Waals surface area contributed by atoms with Crippen molar-refractivity contribution in [3.8, 4) is 17.2 Å². The van der Waals surface area contributed by atoms with E-state index in [1.807, 2.05) is 0 Å². The second kappa shape index (κ2) is 10.2. The lowest BCUT2D eigenvalue weighted by Gasteiger charge is -2.21. The van der Waals surface area contributed by atoms with Gasteiger partial charge in [0.15, 0.2) is 0 Å². The Hall–Kier alpha value is -4.15. The van der Waals surface area contributed by atoms with Gasteiger partial charge >= 0.3 is 12.2 Å². The van der Waals surface area contributed by atoms with Gasteiger partial charge in [0.05, 0.1) is 5.69 Å². The van der Waals surface area contributed by atoms with Crippen molar-refractivity contribution < 1.29 is 32.2 Å². The molecule has 3 aromatic carbocycles. The van der Waals surface area contributed by atoms with Crippen LogP contribution in [0.1, 0.15) is 0 Å². The third-order valence-electron chi connectivity index (χ3n) is 4.32. The van der Waals surface area contributed by atoms with Gasteiger partial charge in [-0.05, 0) is 60.0 Å². The van der Waals surface area contributed by atoms with E-state index in [-0.39, 0.29) is 21.4 Å². The highest BCUT2D eigenvalue weighted by Crippen LogP contribution is 2.29. The summed E-state index contributed by atoms with van der Waals surface area (Å²) in [6, 6.07) is 24.8. The van der Waals surface area contributed by atoms with E-state index in [4.69, 9.17) is 14.2 Å². The van der Waals surface area contributed by atoms with Gasteiger partial charge in [0.1, 0.15) is 21.5 Å². The van der Waals surface area contributed by atoms with E-state index in [1.165, 1.54) is 42.5 Å². The number of carbonyl (C=O) groups excluding carboxylic acids is 2. The number of carbonyl (C=O) groups is 2. The largest absolute Gasteiger partial charge is 0.519 e. The molecule has 0 fully saturated rings. The van der Waals surface area contributed by atoms with Crippen molar-refractivity contribution in [2.75, 3.05) is 4.31 Å². The molecule has 0 bridgehead atoms. The maximum absolute atomic E-state index is 13.2. The Bertz CT molecular complexity index is 1360. The van der Waals surface area contributed by atoms with Gasteiger partial charge in [-0.15, -0.1) is 11.3 Å². The van der Waals surface area contributed by atoms with Crippen molar-refractivity contribution >= 4 is 39.3 Å². The molecule has 0 N–H and O–H groups in total. The van der Waals surface area contributed by atoms with E-state index in [1.54, 1.807) is 60.0 Å². The van der Waals surface area contributed by atoms with E-state index in [9.17, 15) is 18.0 Å². The summed E-state index contributed by atoms with van der Waals surface area (Å²) in [5.74, 6) is 0.582. The van der Waals surface area contributed by atoms with Gasteiger partial charge in [0.2, 0.25) is 0 Å². The summed E-state index contributed by atoms with van der Waals surface area (Å²) in [6.45, 7) is 0. The van der Waals surface area contributed by atoms with Crippen molar-refractivity contribution in [3.63, 3.8) is 0 Å². The molecule has 1 amide bonds. The molecule has 172 valence electrons. The Morgan fingerprint density at radius 3 is 1.71 bits per heavy atom. The third-order valence-corrected chi connectivity index (χ3v) is 7.39. The molecule has 0 radical (unpaired) electrons. The van der Waals surface area contributed by atoms with Crippen LogP contribution in [-0.4, -0.2) is 20.7 Å². The number of para-hydroxylation sites is 2. The molecule has 34 heavy (non-hydrogen) atoms. The Morgan fingerprint density at radius 2 is 1.18 bits per heavy atom. The van der Waals surface area contributed by atoms with Crippen molar-refractivity contribution in [3.05, 3.63) is 102 Å². The lowest BCUT2D eigenvalue weighted by atomic mass is 10.3. The fraction of sp³-hybridized carbons (Fsp3) is 0. The van der Waals surface area contributed by atoms with Crippen LogP contribution in [0.2, 0.25) is 0 Å². The second-order valence-corrected chi connectivity index (χ2v) is 9.60. The van der Waals surface area contributed by atoms with E-state index < -0.39 is 22.3 Å². The van der Waals surface area contributed by atoms with Gasteiger partial charge in [-0.1, -0.05) is 42.5 Å². The third kappa shape index (κ3) is 5.42. The van der Waals surface area contributed by atoms with Gasteiger partial charge in [0, 0.05) is 0 Å². The van der Waals surface area contributed by atoms with Crippen LogP contribution in [0.5, 0.6) is 17.2 Å². The molecule has 0 saturated carbocycles. The Balaban J connectivity index is 1.57. The normalized spacial score (nSPS) is 10.8. The zero-order valence-electron chi connectivity index (χ0n) is 17.4. The zero-order chi connectivity index (χ0) is 24.0. The molecule has 0 unspecified atom stereocenters. The molecular formula is C24H17NO7S2. The van der Waals surface area contributed by atoms with Gasteiger partial charge in [-0.25, -0.2) is 9.59 Å². The van der Waals surface area contributed by atoms with Gasteiger partial charge in [-0.2, -0.15) is 12.7 Å². The second-order valence-electron chi connectivity index (χ2n) is 6.64. The number of nitrogens with zero attached hydrogens (tertiary/aromatic N) is 1. The van der Waals surface area contributed by atoms with E-state index in [0.29, 0.717) is 10.1 Å². The number of hydrogen-bond acceptors (Lipinski definition) is 8. The number of ether oxygens (including phenoxy) is 3. The van der Waals surface area contributed by atoms with Crippen LogP contribution in [0.15, 0.2) is 107 Å². The predicted octanol–water partition coefficient (Wildman–Crippen LogP) is 5.72. The summed E-state index contributed by atoms with van der Waals surface area (Å²) < 4.78 is 42.4. The lowest BCUT2D eigenvalue weighted by Crippen LogP contribution is -2.38. The maximum Gasteiger partial charge on any atom is 0.519 e. The summed E-state index contributed by atoms with van der Waals surface area (Å²) in [7, 11) is -4.26. The van der Waals surface area contributed by atoms with Crippen molar-refractivity contribution in [1.82, 2.24) is 0 Å². The highest BCUT2D eigenvalue weighted by molar-refractivity contribution is 7.95. The van der Waals surface area contributed by atoms with E-state index in [0.717, 1.165) is 11.3 Å². The van der Waals surface area contributed by atoms with Gasteiger partial charge in [-0.3, -0.25) is 0 Å². The first-order valence-corrected chi connectivity index (χ1v) is 12.2. The van der Waals surface area contributed by atoms with Crippen LogP contribution in [0, 0.1) is 0 Å². The number of rotatable bonds is 6. The number of anilines is 1. The van der Waals surface area contributed by atoms with E-state index in [2.05, 4.69) is 0 Å². The summed E-state index contributed by atoms with van der Waals surface area (Å²) in [6.07, 6.45) is -2.08. The van der Waals surface area contributed by atoms with Crippen molar-refractivity contribution in [2.24, 2.45) is 0 Å². The molecule has 0 aliphatic rings. The topological polar surface area (TPSA) is 99.2 Å². The summed E-state index contributed by atoms with van der Waals surface area (Å²) >= 11 is 0.966. The average Bonchev–Trinajstić information content (AvgIpc) is 3.38.